The summed E-state index contributed by atoms with van der Waals surface area (Å²) in [7, 11) is -1.58. The molecule has 0 aliphatic carbocycles. The van der Waals surface area contributed by atoms with Crippen molar-refractivity contribution in [1.29, 1.82) is 0 Å². The highest BCUT2D eigenvalue weighted by molar-refractivity contribution is 7.91. The summed E-state index contributed by atoms with van der Waals surface area (Å²) in [5, 5.41) is 3.14. The molecule has 6 heteroatoms. The van der Waals surface area contributed by atoms with Gasteiger partial charge in [-0.2, -0.15) is 0 Å². The molecule has 0 bridgehead atoms. The fourth-order valence-corrected chi connectivity index (χ4v) is 4.14. The number of hydrogen-bond donors (Lipinski definition) is 1. The standard InChI is InChI=1S/C18H22N2O3S/c1-19-10-5-11-20-12-13-23-18-14-16(8-9-17(18)20)24(21,22)15-6-3-2-4-7-15/h2-4,6-9,14,19H,5,10-13H2,1H3. The summed E-state index contributed by atoms with van der Waals surface area (Å²) < 4.78 is 31.2. The molecule has 128 valence electrons. The lowest BCUT2D eigenvalue weighted by Crippen LogP contribution is -2.34. The van der Waals surface area contributed by atoms with Crippen molar-refractivity contribution < 1.29 is 13.2 Å². The number of hydrogen-bond acceptors (Lipinski definition) is 5. The van der Waals surface area contributed by atoms with E-state index in [-0.39, 0.29) is 4.90 Å². The number of nitrogens with one attached hydrogen (secondary N) is 1. The number of ether oxygens (including phenoxy) is 1. The molecule has 0 atom stereocenters. The van der Waals surface area contributed by atoms with Gasteiger partial charge in [-0.05, 0) is 44.3 Å². The fraction of sp³-hybridized carbons (Fsp3) is 0.333. The van der Waals surface area contributed by atoms with Gasteiger partial charge in [0.2, 0.25) is 9.84 Å². The minimum absolute atomic E-state index is 0.268. The summed E-state index contributed by atoms with van der Waals surface area (Å²) in [6.45, 7) is 3.26. The average Bonchev–Trinajstić information content (AvgIpc) is 2.62. The van der Waals surface area contributed by atoms with Crippen LogP contribution in [0.2, 0.25) is 0 Å². The molecule has 0 radical (unpaired) electrons. The molecule has 3 rings (SSSR count). The van der Waals surface area contributed by atoms with Crippen LogP contribution in [0.1, 0.15) is 6.42 Å². The smallest absolute Gasteiger partial charge is 0.206 e. The Morgan fingerprint density at radius 2 is 1.92 bits per heavy atom. The van der Waals surface area contributed by atoms with Gasteiger partial charge in [0.15, 0.2) is 0 Å². The van der Waals surface area contributed by atoms with Crippen LogP contribution in [0.5, 0.6) is 5.75 Å². The van der Waals surface area contributed by atoms with Gasteiger partial charge in [-0.25, -0.2) is 8.42 Å². The molecule has 2 aromatic rings. The Morgan fingerprint density at radius 1 is 1.12 bits per heavy atom. The third-order valence-electron chi connectivity index (χ3n) is 4.11. The van der Waals surface area contributed by atoms with Crippen LogP contribution in [0.4, 0.5) is 5.69 Å². The molecule has 0 saturated carbocycles. The molecule has 0 amide bonds. The molecule has 0 saturated heterocycles. The molecule has 1 heterocycles. The van der Waals surface area contributed by atoms with Crippen LogP contribution in [0.25, 0.3) is 0 Å². The quantitative estimate of drug-likeness (QED) is 0.814. The maximum absolute atomic E-state index is 12.7. The average molecular weight is 346 g/mol. The van der Waals surface area contributed by atoms with E-state index in [2.05, 4.69) is 10.2 Å². The molecule has 0 fully saturated rings. The highest BCUT2D eigenvalue weighted by Gasteiger charge is 2.23. The van der Waals surface area contributed by atoms with E-state index in [9.17, 15) is 8.42 Å². The monoisotopic (exact) mass is 346 g/mol. The second kappa shape index (κ2) is 7.23. The first-order valence-electron chi connectivity index (χ1n) is 8.09. The van der Waals surface area contributed by atoms with E-state index >= 15 is 0 Å². The topological polar surface area (TPSA) is 58.6 Å². The van der Waals surface area contributed by atoms with E-state index in [0.29, 0.717) is 17.3 Å². The Hall–Kier alpha value is -2.05. The summed E-state index contributed by atoms with van der Waals surface area (Å²) in [4.78, 5) is 2.81. The summed E-state index contributed by atoms with van der Waals surface area (Å²) in [5.41, 5.74) is 0.962. The van der Waals surface area contributed by atoms with Gasteiger partial charge in [0.05, 0.1) is 22.0 Å². The Kier molecular flexibility index (Phi) is 5.06. The maximum Gasteiger partial charge on any atom is 0.206 e. The van der Waals surface area contributed by atoms with Crippen LogP contribution in [0, 0.1) is 0 Å². The first-order chi connectivity index (χ1) is 11.6. The highest BCUT2D eigenvalue weighted by atomic mass is 32.2. The fourth-order valence-electron chi connectivity index (χ4n) is 2.84. The van der Waals surface area contributed by atoms with E-state index in [4.69, 9.17) is 4.74 Å². The number of nitrogens with zero attached hydrogens (tertiary/aromatic N) is 1. The van der Waals surface area contributed by atoms with Crippen LogP contribution < -0.4 is 15.0 Å². The van der Waals surface area contributed by atoms with Gasteiger partial charge in [-0.15, -0.1) is 0 Å². The van der Waals surface area contributed by atoms with Crippen molar-refractivity contribution in [2.24, 2.45) is 0 Å². The molecular formula is C18H22N2O3S. The van der Waals surface area contributed by atoms with Crippen molar-refractivity contribution in [3.63, 3.8) is 0 Å². The zero-order valence-electron chi connectivity index (χ0n) is 13.7. The zero-order valence-corrected chi connectivity index (χ0v) is 14.6. The van der Waals surface area contributed by atoms with Crippen LogP contribution in [0.3, 0.4) is 0 Å². The van der Waals surface area contributed by atoms with Crippen molar-refractivity contribution >= 4 is 15.5 Å². The highest BCUT2D eigenvalue weighted by Crippen LogP contribution is 2.35. The SMILES string of the molecule is CNCCCN1CCOc2cc(S(=O)(=O)c3ccccc3)ccc21. The van der Waals surface area contributed by atoms with Gasteiger partial charge in [-0.1, -0.05) is 18.2 Å². The minimum atomic E-state index is -3.52. The first-order valence-corrected chi connectivity index (χ1v) is 9.58. The van der Waals surface area contributed by atoms with Gasteiger partial charge in [0.25, 0.3) is 0 Å². The molecule has 5 nitrogen and oxygen atoms in total. The van der Waals surface area contributed by atoms with Gasteiger partial charge >= 0.3 is 0 Å². The van der Waals surface area contributed by atoms with Crippen molar-refractivity contribution in [3.8, 4) is 5.75 Å². The Labute approximate surface area is 143 Å². The first kappa shape index (κ1) is 16.8. The lowest BCUT2D eigenvalue weighted by molar-refractivity contribution is 0.306. The predicted molar refractivity (Wildman–Crippen MR) is 94.6 cm³/mol. The molecule has 1 aliphatic rings. The summed E-state index contributed by atoms with van der Waals surface area (Å²) in [5.74, 6) is 0.641. The van der Waals surface area contributed by atoms with Gasteiger partial charge in [0, 0.05) is 12.6 Å². The summed E-state index contributed by atoms with van der Waals surface area (Å²) in [6, 6.07) is 13.6. The van der Waals surface area contributed by atoms with Crippen LogP contribution in [-0.2, 0) is 9.84 Å². The van der Waals surface area contributed by atoms with Crippen molar-refractivity contribution in [2.75, 3.05) is 38.2 Å². The Balaban J connectivity index is 1.89. The normalized spacial score (nSPS) is 14.1. The second-order valence-electron chi connectivity index (χ2n) is 5.74. The summed E-state index contributed by atoms with van der Waals surface area (Å²) >= 11 is 0. The lowest BCUT2D eigenvalue weighted by Gasteiger charge is -2.31. The van der Waals surface area contributed by atoms with E-state index in [1.54, 1.807) is 42.5 Å². The molecule has 0 unspecified atom stereocenters. The molecular weight excluding hydrogens is 324 g/mol. The van der Waals surface area contributed by atoms with Crippen LogP contribution >= 0.6 is 0 Å². The largest absolute Gasteiger partial charge is 0.490 e. The number of anilines is 1. The van der Waals surface area contributed by atoms with Gasteiger partial charge in [0.1, 0.15) is 12.4 Å². The van der Waals surface area contributed by atoms with E-state index in [1.165, 1.54) is 0 Å². The van der Waals surface area contributed by atoms with Crippen LogP contribution in [0.15, 0.2) is 58.3 Å². The van der Waals surface area contributed by atoms with Crippen molar-refractivity contribution in [3.05, 3.63) is 48.5 Å². The third-order valence-corrected chi connectivity index (χ3v) is 5.88. The molecule has 0 aromatic heterocycles. The number of fused-ring (bicyclic) bond motifs is 1. The number of rotatable bonds is 6. The molecule has 24 heavy (non-hydrogen) atoms. The van der Waals surface area contributed by atoms with Crippen molar-refractivity contribution in [2.45, 2.75) is 16.2 Å². The van der Waals surface area contributed by atoms with Crippen molar-refractivity contribution in [1.82, 2.24) is 5.32 Å². The van der Waals surface area contributed by atoms with E-state index in [0.717, 1.165) is 31.7 Å². The maximum atomic E-state index is 12.7. The number of benzene rings is 2. The lowest BCUT2D eigenvalue weighted by atomic mass is 10.2. The van der Waals surface area contributed by atoms with Crippen LogP contribution in [-0.4, -0.2) is 41.7 Å². The number of sulfone groups is 1. The summed E-state index contributed by atoms with van der Waals surface area (Å²) in [6.07, 6.45) is 1.03. The molecule has 1 N–H and O–H groups in total. The van der Waals surface area contributed by atoms with E-state index in [1.807, 2.05) is 13.1 Å². The predicted octanol–water partition coefficient (Wildman–Crippen LogP) is 2.33. The minimum Gasteiger partial charge on any atom is -0.490 e. The second-order valence-corrected chi connectivity index (χ2v) is 7.69. The Bertz CT molecular complexity index is 791. The van der Waals surface area contributed by atoms with E-state index < -0.39 is 9.84 Å². The molecule has 1 aliphatic heterocycles. The third kappa shape index (κ3) is 3.39. The zero-order chi connectivity index (χ0) is 17.0. The van der Waals surface area contributed by atoms with Gasteiger partial charge in [-0.3, -0.25) is 0 Å². The molecule has 0 spiro atoms. The van der Waals surface area contributed by atoms with Gasteiger partial charge < -0.3 is 15.0 Å². The Morgan fingerprint density at radius 3 is 2.67 bits per heavy atom. The molecule has 2 aromatic carbocycles.